The summed E-state index contributed by atoms with van der Waals surface area (Å²) >= 11 is 0. The third-order valence-corrected chi connectivity index (χ3v) is 2.81. The fraction of sp³-hybridized carbons (Fsp3) is 0.500. The number of benzene rings is 1. The minimum Gasteiger partial charge on any atom is -0.497 e. The van der Waals surface area contributed by atoms with Crippen molar-refractivity contribution in [3.05, 3.63) is 24.3 Å². The van der Waals surface area contributed by atoms with Crippen molar-refractivity contribution >= 4 is 5.69 Å². The van der Waals surface area contributed by atoms with Gasteiger partial charge in [0.05, 0.1) is 7.11 Å². The molecule has 0 aliphatic carbocycles. The van der Waals surface area contributed by atoms with Crippen LogP contribution in [0.5, 0.6) is 5.75 Å². The molecule has 3 heteroatoms. The van der Waals surface area contributed by atoms with Crippen LogP contribution < -0.4 is 15.0 Å². The number of piperazine rings is 1. The summed E-state index contributed by atoms with van der Waals surface area (Å²) in [6.07, 6.45) is 0. The van der Waals surface area contributed by atoms with Gasteiger partial charge in [-0.15, -0.1) is 0 Å². The average molecular weight is 206 g/mol. The van der Waals surface area contributed by atoms with Crippen molar-refractivity contribution in [3.8, 4) is 5.75 Å². The van der Waals surface area contributed by atoms with E-state index in [1.54, 1.807) is 7.11 Å². The molecule has 1 fully saturated rings. The van der Waals surface area contributed by atoms with E-state index in [0.29, 0.717) is 6.04 Å². The largest absolute Gasteiger partial charge is 0.497 e. The lowest BCUT2D eigenvalue weighted by Gasteiger charge is -2.33. The van der Waals surface area contributed by atoms with Gasteiger partial charge in [0.15, 0.2) is 0 Å². The Morgan fingerprint density at radius 3 is 2.67 bits per heavy atom. The third-order valence-electron chi connectivity index (χ3n) is 2.81. The Balaban J connectivity index is 2.07. The summed E-state index contributed by atoms with van der Waals surface area (Å²) in [6, 6.07) is 8.85. The number of nitrogens with one attached hydrogen (secondary N) is 1. The van der Waals surface area contributed by atoms with Crippen LogP contribution in [0, 0.1) is 0 Å². The zero-order valence-corrected chi connectivity index (χ0v) is 9.36. The van der Waals surface area contributed by atoms with Gasteiger partial charge in [-0.3, -0.25) is 0 Å². The van der Waals surface area contributed by atoms with Crippen LogP contribution in [-0.4, -0.2) is 32.8 Å². The second kappa shape index (κ2) is 4.53. The topological polar surface area (TPSA) is 24.5 Å². The molecule has 1 heterocycles. The molecule has 1 aromatic rings. The Hall–Kier alpha value is -1.22. The van der Waals surface area contributed by atoms with Gasteiger partial charge in [0, 0.05) is 31.4 Å². The summed E-state index contributed by atoms with van der Waals surface area (Å²) in [6.45, 7) is 5.44. The standard InChI is InChI=1S/C12H18N2O/c1-10-9-14(8-7-13-10)11-3-5-12(15-2)6-4-11/h3-6,10,13H,7-9H2,1-2H3/t10-/m1/s1. The highest BCUT2D eigenvalue weighted by Crippen LogP contribution is 2.20. The Labute approximate surface area is 91.0 Å². The minimum atomic E-state index is 0.570. The van der Waals surface area contributed by atoms with Crippen molar-refractivity contribution in [3.63, 3.8) is 0 Å². The average Bonchev–Trinajstić information content (AvgIpc) is 2.29. The Kier molecular flexibility index (Phi) is 3.11. The summed E-state index contributed by atoms with van der Waals surface area (Å²) in [5.74, 6) is 0.918. The summed E-state index contributed by atoms with van der Waals surface area (Å²) < 4.78 is 5.15. The van der Waals surface area contributed by atoms with Gasteiger partial charge in [0.1, 0.15) is 5.75 Å². The molecule has 0 aromatic heterocycles. The lowest BCUT2D eigenvalue weighted by Crippen LogP contribution is -2.49. The van der Waals surface area contributed by atoms with E-state index in [4.69, 9.17) is 4.74 Å². The van der Waals surface area contributed by atoms with Gasteiger partial charge in [0.25, 0.3) is 0 Å². The molecule has 1 atom stereocenters. The predicted octanol–water partition coefficient (Wildman–Crippen LogP) is 1.49. The Morgan fingerprint density at radius 2 is 2.07 bits per heavy atom. The van der Waals surface area contributed by atoms with Gasteiger partial charge in [-0.25, -0.2) is 0 Å². The van der Waals surface area contributed by atoms with Gasteiger partial charge in [-0.05, 0) is 31.2 Å². The molecule has 3 nitrogen and oxygen atoms in total. The molecule has 1 aliphatic heterocycles. The first kappa shape index (κ1) is 10.3. The lowest BCUT2D eigenvalue weighted by atomic mass is 10.2. The highest BCUT2D eigenvalue weighted by molar-refractivity contribution is 5.49. The SMILES string of the molecule is COc1ccc(N2CCN[C@H](C)C2)cc1. The number of hydrogen-bond donors (Lipinski definition) is 1. The van der Waals surface area contributed by atoms with E-state index in [9.17, 15) is 0 Å². The molecule has 1 N–H and O–H groups in total. The molecule has 0 unspecified atom stereocenters. The van der Waals surface area contributed by atoms with E-state index in [2.05, 4.69) is 29.3 Å². The highest BCUT2D eigenvalue weighted by atomic mass is 16.5. The molecule has 0 amide bonds. The van der Waals surface area contributed by atoms with Crippen LogP contribution in [0.3, 0.4) is 0 Å². The maximum Gasteiger partial charge on any atom is 0.119 e. The maximum atomic E-state index is 5.15. The first-order chi connectivity index (χ1) is 7.29. The van der Waals surface area contributed by atoms with Crippen molar-refractivity contribution in [2.24, 2.45) is 0 Å². The fourth-order valence-electron chi connectivity index (χ4n) is 1.96. The van der Waals surface area contributed by atoms with E-state index in [1.807, 2.05) is 12.1 Å². The van der Waals surface area contributed by atoms with Crippen molar-refractivity contribution < 1.29 is 4.74 Å². The summed E-state index contributed by atoms with van der Waals surface area (Å²) in [5.41, 5.74) is 1.28. The Bertz CT molecular complexity index is 310. The molecule has 2 rings (SSSR count). The number of nitrogens with zero attached hydrogens (tertiary/aromatic N) is 1. The van der Waals surface area contributed by atoms with Crippen LogP contribution in [0.2, 0.25) is 0 Å². The van der Waals surface area contributed by atoms with E-state index >= 15 is 0 Å². The normalized spacial score (nSPS) is 21.5. The van der Waals surface area contributed by atoms with Crippen LogP contribution in [0.4, 0.5) is 5.69 Å². The summed E-state index contributed by atoms with van der Waals surface area (Å²) in [5, 5.41) is 3.44. The molecule has 1 aromatic carbocycles. The quantitative estimate of drug-likeness (QED) is 0.793. The molecular formula is C12H18N2O. The monoisotopic (exact) mass is 206 g/mol. The zero-order valence-electron chi connectivity index (χ0n) is 9.36. The number of ether oxygens (including phenoxy) is 1. The van der Waals surface area contributed by atoms with Gasteiger partial charge in [-0.2, -0.15) is 0 Å². The highest BCUT2D eigenvalue weighted by Gasteiger charge is 2.15. The summed E-state index contributed by atoms with van der Waals surface area (Å²) in [7, 11) is 1.70. The van der Waals surface area contributed by atoms with Gasteiger partial charge in [0.2, 0.25) is 0 Å². The number of methoxy groups -OCH3 is 1. The van der Waals surface area contributed by atoms with Crippen molar-refractivity contribution in [2.45, 2.75) is 13.0 Å². The zero-order chi connectivity index (χ0) is 10.7. The third kappa shape index (κ3) is 2.42. The minimum absolute atomic E-state index is 0.570. The number of rotatable bonds is 2. The molecule has 0 saturated carbocycles. The van der Waals surface area contributed by atoms with Gasteiger partial charge in [-0.1, -0.05) is 0 Å². The van der Waals surface area contributed by atoms with Crippen LogP contribution in [-0.2, 0) is 0 Å². The fourth-order valence-corrected chi connectivity index (χ4v) is 1.96. The van der Waals surface area contributed by atoms with E-state index in [-0.39, 0.29) is 0 Å². The van der Waals surface area contributed by atoms with Crippen LogP contribution >= 0.6 is 0 Å². The van der Waals surface area contributed by atoms with Crippen molar-refractivity contribution in [1.82, 2.24) is 5.32 Å². The first-order valence-corrected chi connectivity index (χ1v) is 5.42. The lowest BCUT2D eigenvalue weighted by molar-refractivity contribution is 0.414. The molecular weight excluding hydrogens is 188 g/mol. The van der Waals surface area contributed by atoms with Crippen LogP contribution in [0.25, 0.3) is 0 Å². The Morgan fingerprint density at radius 1 is 1.33 bits per heavy atom. The molecule has 0 spiro atoms. The molecule has 0 bridgehead atoms. The molecule has 1 aliphatic rings. The van der Waals surface area contributed by atoms with Crippen LogP contribution in [0.1, 0.15) is 6.92 Å². The second-order valence-corrected chi connectivity index (χ2v) is 4.00. The van der Waals surface area contributed by atoms with E-state index in [0.717, 1.165) is 25.4 Å². The van der Waals surface area contributed by atoms with Crippen molar-refractivity contribution in [1.29, 1.82) is 0 Å². The van der Waals surface area contributed by atoms with E-state index < -0.39 is 0 Å². The molecule has 1 saturated heterocycles. The second-order valence-electron chi connectivity index (χ2n) is 4.00. The first-order valence-electron chi connectivity index (χ1n) is 5.42. The smallest absolute Gasteiger partial charge is 0.119 e. The van der Waals surface area contributed by atoms with Crippen molar-refractivity contribution in [2.75, 3.05) is 31.6 Å². The summed E-state index contributed by atoms with van der Waals surface area (Å²) in [4.78, 5) is 2.40. The number of hydrogen-bond acceptors (Lipinski definition) is 3. The van der Waals surface area contributed by atoms with E-state index in [1.165, 1.54) is 5.69 Å². The molecule has 82 valence electrons. The maximum absolute atomic E-state index is 5.15. The van der Waals surface area contributed by atoms with Crippen LogP contribution in [0.15, 0.2) is 24.3 Å². The van der Waals surface area contributed by atoms with Gasteiger partial charge < -0.3 is 15.0 Å². The number of anilines is 1. The molecule has 15 heavy (non-hydrogen) atoms. The van der Waals surface area contributed by atoms with Gasteiger partial charge >= 0.3 is 0 Å². The predicted molar refractivity (Wildman–Crippen MR) is 62.7 cm³/mol. The molecule has 0 radical (unpaired) electrons.